The maximum atomic E-state index is 12.6. The molecule has 5 nitrogen and oxygen atoms in total. The monoisotopic (exact) mass is 338 g/mol. The van der Waals surface area contributed by atoms with E-state index in [-0.39, 0.29) is 5.91 Å². The third-order valence-corrected chi connectivity index (χ3v) is 4.62. The van der Waals surface area contributed by atoms with Gasteiger partial charge in [0.25, 0.3) is 0 Å². The first-order valence-electron chi connectivity index (χ1n) is 8.83. The Kier molecular flexibility index (Phi) is 4.46. The van der Waals surface area contributed by atoms with Gasteiger partial charge < -0.3 is 19.7 Å². The predicted octanol–water partition coefficient (Wildman–Crippen LogP) is 3.24. The molecule has 4 rings (SSSR count). The van der Waals surface area contributed by atoms with Crippen LogP contribution in [0.4, 0.5) is 11.4 Å². The number of amides is 1. The minimum atomic E-state index is 0.164. The molecule has 0 aliphatic carbocycles. The summed E-state index contributed by atoms with van der Waals surface area (Å²) in [6, 6.07) is 14.0. The van der Waals surface area contributed by atoms with Crippen LogP contribution in [0.5, 0.6) is 11.5 Å². The van der Waals surface area contributed by atoms with E-state index in [9.17, 15) is 4.79 Å². The van der Waals surface area contributed by atoms with Gasteiger partial charge in [0, 0.05) is 37.0 Å². The van der Waals surface area contributed by atoms with Crippen molar-refractivity contribution in [3.05, 3.63) is 48.0 Å². The molecule has 1 N–H and O–H groups in total. The van der Waals surface area contributed by atoms with Gasteiger partial charge >= 0.3 is 0 Å². The van der Waals surface area contributed by atoms with Crippen LogP contribution in [0.1, 0.15) is 18.4 Å². The Morgan fingerprint density at radius 3 is 2.84 bits per heavy atom. The number of hydrogen-bond acceptors (Lipinski definition) is 4. The summed E-state index contributed by atoms with van der Waals surface area (Å²) >= 11 is 0. The molecular weight excluding hydrogens is 316 g/mol. The number of carbonyl (C=O) groups is 1. The van der Waals surface area contributed by atoms with Gasteiger partial charge in [-0.05, 0) is 36.6 Å². The molecular formula is C20H22N2O3. The molecule has 1 amide bonds. The van der Waals surface area contributed by atoms with Gasteiger partial charge in [-0.2, -0.15) is 0 Å². The zero-order chi connectivity index (χ0) is 17.1. The second-order valence-corrected chi connectivity index (χ2v) is 6.31. The van der Waals surface area contributed by atoms with Gasteiger partial charge in [0.05, 0.1) is 0 Å². The average molecular weight is 338 g/mol. The van der Waals surface area contributed by atoms with E-state index in [4.69, 9.17) is 9.47 Å². The number of hydrogen-bond donors (Lipinski definition) is 1. The van der Waals surface area contributed by atoms with Crippen molar-refractivity contribution < 1.29 is 14.3 Å². The number of ether oxygens (including phenoxy) is 2. The average Bonchev–Trinajstić information content (AvgIpc) is 2.67. The molecule has 2 aromatic rings. The van der Waals surface area contributed by atoms with Crippen molar-refractivity contribution in [3.8, 4) is 11.5 Å². The van der Waals surface area contributed by atoms with Crippen LogP contribution >= 0.6 is 0 Å². The lowest BCUT2D eigenvalue weighted by molar-refractivity contribution is -0.118. The lowest BCUT2D eigenvalue weighted by Gasteiger charge is -2.29. The van der Waals surface area contributed by atoms with Crippen LogP contribution in [0.3, 0.4) is 0 Å². The molecule has 0 aromatic heterocycles. The highest BCUT2D eigenvalue weighted by Gasteiger charge is 2.21. The third kappa shape index (κ3) is 3.40. The van der Waals surface area contributed by atoms with Gasteiger partial charge in [0.1, 0.15) is 13.2 Å². The smallest absolute Gasteiger partial charge is 0.228 e. The molecule has 2 aromatic carbocycles. The first-order valence-corrected chi connectivity index (χ1v) is 8.83. The van der Waals surface area contributed by atoms with Crippen LogP contribution in [0, 0.1) is 0 Å². The number of anilines is 2. The van der Waals surface area contributed by atoms with Crippen LogP contribution in [-0.4, -0.2) is 32.2 Å². The van der Waals surface area contributed by atoms with E-state index < -0.39 is 0 Å². The van der Waals surface area contributed by atoms with E-state index in [1.807, 2.05) is 41.3 Å². The minimum absolute atomic E-state index is 0.164. The van der Waals surface area contributed by atoms with E-state index in [1.54, 1.807) is 0 Å². The van der Waals surface area contributed by atoms with Crippen molar-refractivity contribution in [2.24, 2.45) is 0 Å². The highest BCUT2D eigenvalue weighted by atomic mass is 16.6. The molecule has 2 aliphatic heterocycles. The third-order valence-electron chi connectivity index (χ3n) is 4.62. The number of nitrogens with zero attached hydrogens (tertiary/aromatic N) is 1. The van der Waals surface area contributed by atoms with Gasteiger partial charge in [-0.25, -0.2) is 0 Å². The van der Waals surface area contributed by atoms with Gasteiger partial charge in [-0.15, -0.1) is 0 Å². The number of benzene rings is 2. The summed E-state index contributed by atoms with van der Waals surface area (Å²) < 4.78 is 11.1. The van der Waals surface area contributed by atoms with Crippen LogP contribution in [0.15, 0.2) is 42.5 Å². The van der Waals surface area contributed by atoms with E-state index in [0.717, 1.165) is 42.3 Å². The number of fused-ring (bicyclic) bond motifs is 2. The fraction of sp³-hybridized carbons (Fsp3) is 0.350. The van der Waals surface area contributed by atoms with Gasteiger partial charge in [0.15, 0.2) is 11.5 Å². The van der Waals surface area contributed by atoms with Crippen molar-refractivity contribution in [2.45, 2.75) is 19.3 Å². The number of aryl methyl sites for hydroxylation is 1. The highest BCUT2D eigenvalue weighted by molar-refractivity contribution is 5.94. The molecule has 25 heavy (non-hydrogen) atoms. The fourth-order valence-electron chi connectivity index (χ4n) is 3.39. The molecule has 0 spiro atoms. The number of rotatable bonds is 4. The number of nitrogens with one attached hydrogen (secondary N) is 1. The summed E-state index contributed by atoms with van der Waals surface area (Å²) in [5, 5.41) is 3.31. The SMILES string of the molecule is O=C(CCNc1ccc2c(c1)OCCO2)N1CCCc2ccccc21. The van der Waals surface area contributed by atoms with Crippen molar-refractivity contribution in [2.75, 3.05) is 36.5 Å². The van der Waals surface area contributed by atoms with Crippen molar-refractivity contribution in [3.63, 3.8) is 0 Å². The van der Waals surface area contributed by atoms with Crippen molar-refractivity contribution in [1.29, 1.82) is 0 Å². The lowest BCUT2D eigenvalue weighted by Crippen LogP contribution is -2.36. The van der Waals surface area contributed by atoms with E-state index in [2.05, 4.69) is 11.4 Å². The summed E-state index contributed by atoms with van der Waals surface area (Å²) in [4.78, 5) is 14.5. The lowest BCUT2D eigenvalue weighted by atomic mass is 10.0. The molecule has 0 saturated heterocycles. The second-order valence-electron chi connectivity index (χ2n) is 6.31. The standard InChI is InChI=1S/C20H22N2O3/c23-20(22-11-3-5-15-4-1-2-6-17(15)22)9-10-21-16-7-8-18-19(14-16)25-13-12-24-18/h1-2,4,6-8,14,21H,3,5,9-13H2. The molecule has 0 saturated carbocycles. The topological polar surface area (TPSA) is 50.8 Å². The Bertz CT molecular complexity index is 775. The molecule has 0 unspecified atom stereocenters. The highest BCUT2D eigenvalue weighted by Crippen LogP contribution is 2.32. The van der Waals surface area contributed by atoms with Gasteiger partial charge in [-0.3, -0.25) is 4.79 Å². The molecule has 0 fully saturated rings. The second kappa shape index (κ2) is 7.05. The fourth-order valence-corrected chi connectivity index (χ4v) is 3.39. The largest absolute Gasteiger partial charge is 0.486 e. The summed E-state index contributed by atoms with van der Waals surface area (Å²) in [6.07, 6.45) is 2.54. The first-order chi connectivity index (χ1) is 12.3. The Labute approximate surface area is 147 Å². The molecule has 2 heterocycles. The van der Waals surface area contributed by atoms with Crippen LogP contribution < -0.4 is 19.7 Å². The van der Waals surface area contributed by atoms with Crippen LogP contribution in [-0.2, 0) is 11.2 Å². The summed E-state index contributed by atoms with van der Waals surface area (Å²) in [6.45, 7) is 2.56. The Hall–Kier alpha value is -2.69. The first kappa shape index (κ1) is 15.8. The van der Waals surface area contributed by atoms with E-state index in [1.165, 1.54) is 5.56 Å². The molecule has 5 heteroatoms. The number of para-hydroxylation sites is 1. The van der Waals surface area contributed by atoms with Gasteiger partial charge in [0.2, 0.25) is 5.91 Å². The number of carbonyl (C=O) groups excluding carboxylic acids is 1. The summed E-state index contributed by atoms with van der Waals surface area (Å²) in [5.41, 5.74) is 3.27. The maximum absolute atomic E-state index is 12.6. The molecule has 130 valence electrons. The van der Waals surface area contributed by atoms with E-state index >= 15 is 0 Å². The Morgan fingerprint density at radius 2 is 1.92 bits per heavy atom. The maximum Gasteiger partial charge on any atom is 0.228 e. The summed E-state index contributed by atoms with van der Waals surface area (Å²) in [5.74, 6) is 1.70. The zero-order valence-corrected chi connectivity index (χ0v) is 14.2. The van der Waals surface area contributed by atoms with Crippen LogP contribution in [0.2, 0.25) is 0 Å². The Balaban J connectivity index is 1.35. The van der Waals surface area contributed by atoms with Crippen LogP contribution in [0.25, 0.3) is 0 Å². The van der Waals surface area contributed by atoms with Gasteiger partial charge in [-0.1, -0.05) is 18.2 Å². The van der Waals surface area contributed by atoms with E-state index in [0.29, 0.717) is 26.2 Å². The zero-order valence-electron chi connectivity index (χ0n) is 14.2. The van der Waals surface area contributed by atoms with Crippen molar-refractivity contribution in [1.82, 2.24) is 0 Å². The normalized spacial score (nSPS) is 15.4. The molecule has 2 aliphatic rings. The minimum Gasteiger partial charge on any atom is -0.486 e. The Morgan fingerprint density at radius 1 is 1.08 bits per heavy atom. The molecule has 0 atom stereocenters. The molecule has 0 bridgehead atoms. The molecule has 0 radical (unpaired) electrons. The predicted molar refractivity (Wildman–Crippen MR) is 97.7 cm³/mol. The summed E-state index contributed by atoms with van der Waals surface area (Å²) in [7, 11) is 0. The quantitative estimate of drug-likeness (QED) is 0.930. The van der Waals surface area contributed by atoms with Crippen molar-refractivity contribution >= 4 is 17.3 Å².